The molecule has 4 unspecified atom stereocenters. The molecule has 15 heavy (non-hydrogen) atoms. The number of alkyl halides is 2. The van der Waals surface area contributed by atoms with Gasteiger partial charge >= 0.3 is 0 Å². The second-order valence-electron chi connectivity index (χ2n) is 5.53. The van der Waals surface area contributed by atoms with Crippen molar-refractivity contribution in [3.05, 3.63) is 0 Å². The van der Waals surface area contributed by atoms with Gasteiger partial charge in [0, 0.05) is 24.7 Å². The van der Waals surface area contributed by atoms with Crippen molar-refractivity contribution in [2.75, 3.05) is 0 Å². The van der Waals surface area contributed by atoms with Crippen LogP contribution in [0.1, 0.15) is 38.5 Å². The number of carbonyl (C=O) groups excluding carboxylic acids is 1. The average Bonchev–Trinajstić information content (AvgIpc) is 3.02. The second-order valence-corrected chi connectivity index (χ2v) is 5.53. The molecular formula is C12H16F2O. The van der Waals surface area contributed by atoms with E-state index in [0.717, 1.165) is 18.8 Å². The number of fused-ring (bicyclic) bond motifs is 1. The first kappa shape index (κ1) is 9.73. The summed E-state index contributed by atoms with van der Waals surface area (Å²) in [5.74, 6) is -1.55. The Morgan fingerprint density at radius 1 is 1.33 bits per heavy atom. The summed E-state index contributed by atoms with van der Waals surface area (Å²) in [6.45, 7) is 0. The van der Waals surface area contributed by atoms with Crippen LogP contribution in [-0.4, -0.2) is 11.7 Å². The highest BCUT2D eigenvalue weighted by molar-refractivity contribution is 5.82. The Kier molecular flexibility index (Phi) is 1.96. The van der Waals surface area contributed by atoms with Crippen molar-refractivity contribution in [1.29, 1.82) is 0 Å². The van der Waals surface area contributed by atoms with Crippen LogP contribution < -0.4 is 0 Å². The largest absolute Gasteiger partial charge is 0.299 e. The van der Waals surface area contributed by atoms with Crippen LogP contribution in [0, 0.1) is 23.7 Å². The van der Waals surface area contributed by atoms with Gasteiger partial charge in [0.05, 0.1) is 0 Å². The summed E-state index contributed by atoms with van der Waals surface area (Å²) in [7, 11) is 0. The third-order valence-electron chi connectivity index (χ3n) is 4.40. The van der Waals surface area contributed by atoms with E-state index < -0.39 is 11.8 Å². The number of rotatable bonds is 3. The lowest BCUT2D eigenvalue weighted by atomic mass is 9.84. The molecule has 3 fully saturated rings. The Labute approximate surface area is 88.2 Å². The van der Waals surface area contributed by atoms with E-state index >= 15 is 0 Å². The Morgan fingerprint density at radius 3 is 2.73 bits per heavy atom. The fraction of sp³-hybridized carbons (Fsp3) is 0.917. The molecule has 3 aliphatic carbocycles. The van der Waals surface area contributed by atoms with Crippen LogP contribution >= 0.6 is 0 Å². The van der Waals surface area contributed by atoms with Crippen LogP contribution in [0.5, 0.6) is 0 Å². The molecule has 0 radical (unpaired) electrons. The zero-order valence-corrected chi connectivity index (χ0v) is 8.72. The van der Waals surface area contributed by atoms with E-state index in [-0.39, 0.29) is 24.5 Å². The molecule has 0 N–H and O–H groups in total. The molecule has 0 aliphatic heterocycles. The molecule has 0 aromatic heterocycles. The molecule has 0 amide bonds. The monoisotopic (exact) mass is 214 g/mol. The summed E-state index contributed by atoms with van der Waals surface area (Å²) >= 11 is 0. The normalized spacial score (nSPS) is 45.7. The van der Waals surface area contributed by atoms with Crippen LogP contribution in [0.15, 0.2) is 0 Å². The maximum absolute atomic E-state index is 12.7. The SMILES string of the molecule is O=C(CC1CC1(F)F)C1CCCC2CC21. The van der Waals surface area contributed by atoms with Gasteiger partial charge in [0.25, 0.3) is 5.92 Å². The van der Waals surface area contributed by atoms with E-state index in [1.165, 1.54) is 12.8 Å². The van der Waals surface area contributed by atoms with Gasteiger partial charge in [0.1, 0.15) is 5.78 Å². The fourth-order valence-electron chi connectivity index (χ4n) is 3.19. The van der Waals surface area contributed by atoms with Crippen molar-refractivity contribution in [1.82, 2.24) is 0 Å². The first-order valence-electron chi connectivity index (χ1n) is 5.98. The van der Waals surface area contributed by atoms with E-state index in [0.29, 0.717) is 5.92 Å². The summed E-state index contributed by atoms with van der Waals surface area (Å²) < 4.78 is 25.4. The van der Waals surface area contributed by atoms with Crippen LogP contribution in [0.25, 0.3) is 0 Å². The molecule has 0 saturated heterocycles. The molecule has 3 heteroatoms. The van der Waals surface area contributed by atoms with Gasteiger partial charge in [0.2, 0.25) is 0 Å². The number of hydrogen-bond acceptors (Lipinski definition) is 1. The van der Waals surface area contributed by atoms with Crippen LogP contribution in [0.3, 0.4) is 0 Å². The number of halogens is 2. The minimum absolute atomic E-state index is 0.0560. The Hall–Kier alpha value is -0.470. The third kappa shape index (κ3) is 1.70. The van der Waals surface area contributed by atoms with Crippen molar-refractivity contribution in [3.8, 4) is 0 Å². The molecule has 3 saturated carbocycles. The summed E-state index contributed by atoms with van der Waals surface area (Å²) in [5.41, 5.74) is 0. The van der Waals surface area contributed by atoms with E-state index in [1.54, 1.807) is 0 Å². The van der Waals surface area contributed by atoms with Gasteiger partial charge in [-0.1, -0.05) is 12.8 Å². The maximum atomic E-state index is 12.7. The van der Waals surface area contributed by atoms with Crippen molar-refractivity contribution >= 4 is 5.78 Å². The van der Waals surface area contributed by atoms with Crippen molar-refractivity contribution < 1.29 is 13.6 Å². The highest BCUT2D eigenvalue weighted by atomic mass is 19.3. The van der Waals surface area contributed by atoms with Crippen LogP contribution in [0.2, 0.25) is 0 Å². The first-order chi connectivity index (χ1) is 7.08. The molecule has 84 valence electrons. The smallest absolute Gasteiger partial charge is 0.252 e. The van der Waals surface area contributed by atoms with Gasteiger partial charge < -0.3 is 0 Å². The van der Waals surface area contributed by atoms with Gasteiger partial charge in [0.15, 0.2) is 0 Å². The minimum atomic E-state index is -2.52. The zero-order chi connectivity index (χ0) is 10.6. The van der Waals surface area contributed by atoms with E-state index in [2.05, 4.69) is 0 Å². The molecule has 4 atom stereocenters. The highest BCUT2D eigenvalue weighted by Gasteiger charge is 2.58. The van der Waals surface area contributed by atoms with E-state index in [9.17, 15) is 13.6 Å². The third-order valence-corrected chi connectivity index (χ3v) is 4.40. The lowest BCUT2D eigenvalue weighted by molar-refractivity contribution is -0.125. The van der Waals surface area contributed by atoms with Crippen molar-refractivity contribution in [2.45, 2.75) is 44.4 Å². The standard InChI is InChI=1S/C12H16F2O/c13-12(14)6-8(12)5-11(15)9-3-1-2-7-4-10(7)9/h7-10H,1-6H2. The lowest BCUT2D eigenvalue weighted by Crippen LogP contribution is -2.21. The summed E-state index contributed by atoms with van der Waals surface area (Å²) in [6.07, 6.45) is 4.60. The van der Waals surface area contributed by atoms with Crippen LogP contribution in [0.4, 0.5) is 8.78 Å². The average molecular weight is 214 g/mol. The lowest BCUT2D eigenvalue weighted by Gasteiger charge is -2.19. The minimum Gasteiger partial charge on any atom is -0.299 e. The molecule has 3 aliphatic rings. The number of Topliss-reactive ketones (excluding diaryl/α,β-unsaturated/α-hetero) is 1. The van der Waals surface area contributed by atoms with Gasteiger partial charge in [-0.3, -0.25) is 4.79 Å². The Morgan fingerprint density at radius 2 is 2.07 bits per heavy atom. The fourth-order valence-corrected chi connectivity index (χ4v) is 3.19. The van der Waals surface area contributed by atoms with Gasteiger partial charge in [-0.2, -0.15) is 0 Å². The molecule has 0 bridgehead atoms. The Balaban J connectivity index is 1.56. The molecule has 0 heterocycles. The second kappa shape index (κ2) is 3.02. The van der Waals surface area contributed by atoms with Gasteiger partial charge in [-0.15, -0.1) is 0 Å². The molecule has 1 nitrogen and oxygen atoms in total. The number of carbonyl (C=O) groups is 1. The predicted octanol–water partition coefficient (Wildman–Crippen LogP) is 3.04. The molecular weight excluding hydrogens is 198 g/mol. The quantitative estimate of drug-likeness (QED) is 0.705. The predicted molar refractivity (Wildman–Crippen MR) is 51.6 cm³/mol. The van der Waals surface area contributed by atoms with Crippen molar-refractivity contribution in [2.24, 2.45) is 23.7 Å². The molecule has 0 aromatic carbocycles. The molecule has 3 rings (SSSR count). The van der Waals surface area contributed by atoms with Crippen LogP contribution in [-0.2, 0) is 4.79 Å². The van der Waals surface area contributed by atoms with E-state index in [4.69, 9.17) is 0 Å². The van der Waals surface area contributed by atoms with E-state index in [1.807, 2.05) is 0 Å². The molecule has 0 aromatic rings. The zero-order valence-electron chi connectivity index (χ0n) is 8.72. The van der Waals surface area contributed by atoms with Gasteiger partial charge in [-0.05, 0) is 24.7 Å². The highest BCUT2D eigenvalue weighted by Crippen LogP contribution is 2.55. The molecule has 0 spiro atoms. The number of ketones is 1. The summed E-state index contributed by atoms with van der Waals surface area (Å²) in [4.78, 5) is 11.8. The number of hydrogen-bond donors (Lipinski definition) is 0. The van der Waals surface area contributed by atoms with Gasteiger partial charge in [-0.25, -0.2) is 8.78 Å². The topological polar surface area (TPSA) is 17.1 Å². The first-order valence-corrected chi connectivity index (χ1v) is 5.98. The Bertz CT molecular complexity index is 300. The maximum Gasteiger partial charge on any atom is 0.252 e. The van der Waals surface area contributed by atoms with Crippen molar-refractivity contribution in [3.63, 3.8) is 0 Å². The summed E-state index contributed by atoms with van der Waals surface area (Å²) in [5, 5.41) is 0. The summed E-state index contributed by atoms with van der Waals surface area (Å²) in [6, 6.07) is 0.